The van der Waals surface area contributed by atoms with E-state index < -0.39 is 17.4 Å². The van der Waals surface area contributed by atoms with E-state index >= 15 is 0 Å². The quantitative estimate of drug-likeness (QED) is 0.332. The molecule has 6 nitrogen and oxygen atoms in total. The van der Waals surface area contributed by atoms with E-state index in [0.717, 1.165) is 4.47 Å². The first-order chi connectivity index (χ1) is 11.9. The Morgan fingerprint density at radius 1 is 1.00 bits per heavy atom. The maximum absolute atomic E-state index is 12.7. The van der Waals surface area contributed by atoms with E-state index in [1.54, 1.807) is 38.1 Å². The molecule has 1 rings (SSSR count). The normalized spacial score (nSPS) is 11.0. The van der Waals surface area contributed by atoms with Crippen LogP contribution < -0.4 is 0 Å². The second-order valence-corrected chi connectivity index (χ2v) is 6.29. The second kappa shape index (κ2) is 10.3. The van der Waals surface area contributed by atoms with Gasteiger partial charge in [0, 0.05) is 30.2 Å². The minimum Gasteiger partial charge on any atom is -0.465 e. The van der Waals surface area contributed by atoms with Crippen molar-refractivity contribution in [2.24, 2.45) is 5.41 Å². The Morgan fingerprint density at radius 2 is 1.52 bits per heavy atom. The summed E-state index contributed by atoms with van der Waals surface area (Å²) in [7, 11) is 1.46. The van der Waals surface area contributed by atoms with Crippen molar-refractivity contribution in [3.05, 3.63) is 34.3 Å². The Kier molecular flexibility index (Phi) is 8.78. The maximum atomic E-state index is 12.7. The van der Waals surface area contributed by atoms with Crippen LogP contribution in [0.15, 0.2) is 28.7 Å². The number of Topliss-reactive ketones (excluding diaryl/α,β-unsaturated/α-hetero) is 1. The van der Waals surface area contributed by atoms with E-state index in [4.69, 9.17) is 14.2 Å². The van der Waals surface area contributed by atoms with Crippen LogP contribution in [0.5, 0.6) is 0 Å². The molecule has 1 aromatic carbocycles. The Balaban J connectivity index is 3.20. The molecule has 0 saturated carbocycles. The number of ether oxygens (including phenoxy) is 3. The Morgan fingerprint density at radius 3 is 1.96 bits per heavy atom. The average Bonchev–Trinajstić information content (AvgIpc) is 2.59. The smallest absolute Gasteiger partial charge is 0.324 e. The second-order valence-electron chi connectivity index (χ2n) is 5.37. The molecule has 0 amide bonds. The lowest BCUT2D eigenvalue weighted by Gasteiger charge is -2.28. The van der Waals surface area contributed by atoms with Crippen LogP contribution in [-0.2, 0) is 23.8 Å². The highest BCUT2D eigenvalue weighted by atomic mass is 79.9. The third-order valence-corrected chi connectivity index (χ3v) is 4.22. The predicted molar refractivity (Wildman–Crippen MR) is 95.3 cm³/mol. The van der Waals surface area contributed by atoms with Crippen molar-refractivity contribution in [1.29, 1.82) is 0 Å². The highest BCUT2D eigenvalue weighted by molar-refractivity contribution is 9.10. The van der Waals surface area contributed by atoms with E-state index in [0.29, 0.717) is 5.56 Å². The summed E-state index contributed by atoms with van der Waals surface area (Å²) in [6.45, 7) is 3.59. The van der Waals surface area contributed by atoms with Crippen molar-refractivity contribution in [1.82, 2.24) is 0 Å². The van der Waals surface area contributed by atoms with E-state index in [1.165, 1.54) is 7.11 Å². The number of hydrogen-bond donors (Lipinski definition) is 0. The molecule has 0 fully saturated rings. The first kappa shape index (κ1) is 21.3. The van der Waals surface area contributed by atoms with Gasteiger partial charge in [-0.2, -0.15) is 0 Å². The molecule has 138 valence electrons. The highest BCUT2D eigenvalue weighted by Crippen LogP contribution is 2.33. The SMILES string of the molecule is CCOC(=O)C(CCOC)(CC(=O)c1ccc(Br)cc1)C(=O)OCC. The molecule has 25 heavy (non-hydrogen) atoms. The Hall–Kier alpha value is -1.73. The van der Waals surface area contributed by atoms with E-state index in [1.807, 2.05) is 0 Å². The fourth-order valence-electron chi connectivity index (χ4n) is 2.35. The van der Waals surface area contributed by atoms with Gasteiger partial charge < -0.3 is 14.2 Å². The fourth-order valence-corrected chi connectivity index (χ4v) is 2.61. The van der Waals surface area contributed by atoms with Gasteiger partial charge in [-0.1, -0.05) is 28.1 Å². The van der Waals surface area contributed by atoms with Crippen molar-refractivity contribution in [3.63, 3.8) is 0 Å². The van der Waals surface area contributed by atoms with Gasteiger partial charge in [-0.15, -0.1) is 0 Å². The lowest BCUT2D eigenvalue weighted by atomic mass is 9.78. The van der Waals surface area contributed by atoms with Gasteiger partial charge in [0.1, 0.15) is 0 Å². The lowest BCUT2D eigenvalue weighted by molar-refractivity contribution is -0.173. The molecule has 0 aliphatic heterocycles. The average molecular weight is 415 g/mol. The lowest BCUT2D eigenvalue weighted by Crippen LogP contribution is -2.44. The van der Waals surface area contributed by atoms with Crippen LogP contribution in [0.1, 0.15) is 37.0 Å². The van der Waals surface area contributed by atoms with Gasteiger partial charge in [0.15, 0.2) is 11.2 Å². The summed E-state index contributed by atoms with van der Waals surface area (Å²) >= 11 is 3.30. The van der Waals surface area contributed by atoms with Crippen molar-refractivity contribution >= 4 is 33.7 Å². The number of carbonyl (C=O) groups excluding carboxylic acids is 3. The molecule has 0 N–H and O–H groups in total. The zero-order chi connectivity index (χ0) is 18.9. The molecule has 0 aromatic heterocycles. The van der Waals surface area contributed by atoms with Gasteiger partial charge in [-0.25, -0.2) is 0 Å². The van der Waals surface area contributed by atoms with Crippen molar-refractivity contribution in [3.8, 4) is 0 Å². The summed E-state index contributed by atoms with van der Waals surface area (Å²) in [5, 5.41) is 0. The van der Waals surface area contributed by atoms with Crippen LogP contribution in [0.2, 0.25) is 0 Å². The molecule has 0 bridgehead atoms. The zero-order valence-corrected chi connectivity index (χ0v) is 16.3. The topological polar surface area (TPSA) is 78.9 Å². The standard InChI is InChI=1S/C18H23BrO6/c1-4-24-16(21)18(10-11-23-3,17(22)25-5-2)12-15(20)13-6-8-14(19)9-7-13/h6-9H,4-5,10-12H2,1-3H3. The molecule has 0 unspecified atom stereocenters. The van der Waals surface area contributed by atoms with Crippen LogP contribution in [0.4, 0.5) is 0 Å². The monoisotopic (exact) mass is 414 g/mol. The predicted octanol–water partition coefficient (Wildman–Crippen LogP) is 3.17. The van der Waals surface area contributed by atoms with E-state index in [-0.39, 0.29) is 38.4 Å². The molecule has 0 aliphatic rings. The molecule has 0 spiro atoms. The number of esters is 2. The Labute approximate surface area is 156 Å². The first-order valence-corrected chi connectivity index (χ1v) is 8.82. The summed E-state index contributed by atoms with van der Waals surface area (Å²) in [5.74, 6) is -1.88. The van der Waals surface area contributed by atoms with Gasteiger partial charge in [-0.3, -0.25) is 14.4 Å². The minimum atomic E-state index is -1.72. The van der Waals surface area contributed by atoms with Crippen molar-refractivity contribution < 1.29 is 28.6 Å². The first-order valence-electron chi connectivity index (χ1n) is 8.03. The molecule has 0 atom stereocenters. The molecular formula is C18H23BrO6. The van der Waals surface area contributed by atoms with Crippen LogP contribution in [0.3, 0.4) is 0 Å². The third-order valence-electron chi connectivity index (χ3n) is 3.69. The summed E-state index contributed by atoms with van der Waals surface area (Å²) < 4.78 is 16.0. The van der Waals surface area contributed by atoms with Crippen LogP contribution in [-0.4, -0.2) is 44.7 Å². The van der Waals surface area contributed by atoms with Crippen LogP contribution in [0.25, 0.3) is 0 Å². The number of benzene rings is 1. The molecule has 0 radical (unpaired) electrons. The maximum Gasteiger partial charge on any atom is 0.324 e. The summed E-state index contributed by atoms with van der Waals surface area (Å²) in [6.07, 6.45) is -0.334. The number of ketones is 1. The number of hydrogen-bond acceptors (Lipinski definition) is 6. The molecule has 1 aromatic rings. The third kappa shape index (κ3) is 5.64. The largest absolute Gasteiger partial charge is 0.465 e. The summed E-state index contributed by atoms with van der Waals surface area (Å²) in [4.78, 5) is 37.8. The molecular weight excluding hydrogens is 392 g/mol. The number of methoxy groups -OCH3 is 1. The van der Waals surface area contributed by atoms with E-state index in [9.17, 15) is 14.4 Å². The fraction of sp³-hybridized carbons (Fsp3) is 0.500. The Bertz CT molecular complexity index is 578. The van der Waals surface area contributed by atoms with Gasteiger partial charge in [-0.05, 0) is 32.4 Å². The summed E-state index contributed by atoms with van der Waals surface area (Å²) in [5.41, 5.74) is -1.31. The van der Waals surface area contributed by atoms with E-state index in [2.05, 4.69) is 15.9 Å². The van der Waals surface area contributed by atoms with Gasteiger partial charge in [0.2, 0.25) is 0 Å². The van der Waals surface area contributed by atoms with Crippen molar-refractivity contribution in [2.45, 2.75) is 26.7 Å². The highest BCUT2D eigenvalue weighted by Gasteiger charge is 2.50. The van der Waals surface area contributed by atoms with Gasteiger partial charge in [0.25, 0.3) is 0 Å². The van der Waals surface area contributed by atoms with Crippen molar-refractivity contribution in [2.75, 3.05) is 26.9 Å². The number of halogens is 1. The molecule has 7 heteroatoms. The van der Waals surface area contributed by atoms with Gasteiger partial charge >= 0.3 is 11.9 Å². The molecule has 0 heterocycles. The van der Waals surface area contributed by atoms with Crippen LogP contribution in [0, 0.1) is 5.41 Å². The number of rotatable bonds is 10. The minimum absolute atomic E-state index is 0.00341. The molecule has 0 saturated heterocycles. The van der Waals surface area contributed by atoms with Gasteiger partial charge in [0.05, 0.1) is 13.2 Å². The summed E-state index contributed by atoms with van der Waals surface area (Å²) in [6, 6.07) is 6.70. The van der Waals surface area contributed by atoms with Crippen LogP contribution >= 0.6 is 15.9 Å². The molecule has 0 aliphatic carbocycles. The number of carbonyl (C=O) groups is 3. The zero-order valence-electron chi connectivity index (χ0n) is 14.7.